The molecule has 4 nitrogen and oxygen atoms in total. The maximum absolute atomic E-state index is 10.2. The average molecular weight is 210 g/mol. The molecule has 1 aliphatic rings. The van der Waals surface area contributed by atoms with Crippen molar-refractivity contribution in [2.75, 3.05) is 13.2 Å². The number of rotatable bonds is 3. The number of aliphatic hydroxyl groups is 1. The molecular weight excluding hydrogens is 192 g/mol. The van der Waals surface area contributed by atoms with E-state index in [1.807, 2.05) is 17.8 Å². The lowest BCUT2D eigenvalue weighted by molar-refractivity contribution is -0.0679. The molecule has 0 aliphatic carbocycles. The fraction of sp³-hybridized carbons (Fsp3) is 0.727. The summed E-state index contributed by atoms with van der Waals surface area (Å²) in [6.45, 7) is 1.36. The van der Waals surface area contributed by atoms with Gasteiger partial charge in [-0.2, -0.15) is 0 Å². The smallest absolute Gasteiger partial charge is 0.108 e. The lowest BCUT2D eigenvalue weighted by Gasteiger charge is -2.31. The Bertz CT molecular complexity index is 316. The van der Waals surface area contributed by atoms with Crippen molar-refractivity contribution in [3.8, 4) is 0 Å². The zero-order valence-corrected chi connectivity index (χ0v) is 9.15. The van der Waals surface area contributed by atoms with Crippen LogP contribution in [0.5, 0.6) is 0 Å². The Morgan fingerprint density at radius 2 is 2.27 bits per heavy atom. The first-order chi connectivity index (χ1) is 7.20. The van der Waals surface area contributed by atoms with Gasteiger partial charge in [-0.25, -0.2) is 4.98 Å². The minimum absolute atomic E-state index is 0.537. The number of nitrogens with zero attached hydrogens (tertiary/aromatic N) is 2. The third-order valence-electron chi connectivity index (χ3n) is 3.16. The summed E-state index contributed by atoms with van der Waals surface area (Å²) >= 11 is 0. The molecule has 0 bridgehead atoms. The van der Waals surface area contributed by atoms with Crippen LogP contribution in [0, 0.1) is 0 Å². The molecule has 1 N–H and O–H groups in total. The van der Waals surface area contributed by atoms with E-state index in [0.717, 1.165) is 31.5 Å². The maximum Gasteiger partial charge on any atom is 0.108 e. The van der Waals surface area contributed by atoms with Gasteiger partial charge in [-0.3, -0.25) is 0 Å². The topological polar surface area (TPSA) is 47.3 Å². The Hall–Kier alpha value is -0.870. The van der Waals surface area contributed by atoms with Crippen molar-refractivity contribution in [1.29, 1.82) is 0 Å². The van der Waals surface area contributed by atoms with Gasteiger partial charge in [-0.1, -0.05) is 0 Å². The van der Waals surface area contributed by atoms with Crippen LogP contribution < -0.4 is 0 Å². The summed E-state index contributed by atoms with van der Waals surface area (Å²) in [6, 6.07) is 0. The van der Waals surface area contributed by atoms with Crippen molar-refractivity contribution in [3.63, 3.8) is 0 Å². The minimum Gasteiger partial charge on any atom is -0.390 e. The van der Waals surface area contributed by atoms with E-state index >= 15 is 0 Å². The summed E-state index contributed by atoms with van der Waals surface area (Å²) in [7, 11) is 1.98. The maximum atomic E-state index is 10.2. The van der Waals surface area contributed by atoms with Crippen molar-refractivity contribution in [3.05, 3.63) is 18.2 Å². The zero-order valence-electron chi connectivity index (χ0n) is 9.15. The summed E-state index contributed by atoms with van der Waals surface area (Å²) < 4.78 is 7.25. The largest absolute Gasteiger partial charge is 0.390 e. The van der Waals surface area contributed by atoms with Crippen molar-refractivity contribution in [2.45, 2.75) is 31.3 Å². The highest BCUT2D eigenvalue weighted by Gasteiger charge is 2.29. The Morgan fingerprint density at radius 3 is 2.87 bits per heavy atom. The van der Waals surface area contributed by atoms with Gasteiger partial charge in [0.2, 0.25) is 0 Å². The molecule has 15 heavy (non-hydrogen) atoms. The van der Waals surface area contributed by atoms with E-state index in [1.54, 1.807) is 6.20 Å². The number of ether oxygens (including phenoxy) is 1. The lowest BCUT2D eigenvalue weighted by Crippen LogP contribution is -2.36. The van der Waals surface area contributed by atoms with Crippen molar-refractivity contribution in [2.24, 2.45) is 7.05 Å². The van der Waals surface area contributed by atoms with Crippen LogP contribution in [0.25, 0.3) is 0 Å². The fourth-order valence-corrected chi connectivity index (χ4v) is 1.98. The Balaban J connectivity index is 1.89. The fourth-order valence-electron chi connectivity index (χ4n) is 1.98. The summed E-state index contributed by atoms with van der Waals surface area (Å²) in [5.41, 5.74) is -0.537. The number of hydrogen-bond donors (Lipinski definition) is 1. The first-order valence-electron chi connectivity index (χ1n) is 5.46. The van der Waals surface area contributed by atoms with Gasteiger partial charge >= 0.3 is 0 Å². The number of aryl methyl sites for hydroxylation is 2. The zero-order chi connectivity index (χ0) is 10.7. The van der Waals surface area contributed by atoms with Gasteiger partial charge in [-0.15, -0.1) is 0 Å². The highest BCUT2D eigenvalue weighted by Crippen LogP contribution is 2.25. The molecule has 84 valence electrons. The van der Waals surface area contributed by atoms with E-state index in [-0.39, 0.29) is 0 Å². The SMILES string of the molecule is Cn1ccnc1CCC1(O)CCOCC1. The van der Waals surface area contributed by atoms with E-state index in [0.29, 0.717) is 13.2 Å². The molecular formula is C11H18N2O2. The molecule has 0 atom stereocenters. The molecule has 2 rings (SSSR count). The third kappa shape index (κ3) is 2.58. The van der Waals surface area contributed by atoms with Crippen LogP contribution >= 0.6 is 0 Å². The van der Waals surface area contributed by atoms with Gasteiger partial charge in [0.15, 0.2) is 0 Å². The molecule has 0 radical (unpaired) electrons. The first-order valence-corrected chi connectivity index (χ1v) is 5.46. The van der Waals surface area contributed by atoms with Gasteiger partial charge < -0.3 is 14.4 Å². The van der Waals surface area contributed by atoms with Gasteiger partial charge in [0, 0.05) is 39.1 Å². The quantitative estimate of drug-likeness (QED) is 0.806. The van der Waals surface area contributed by atoms with Crippen LogP contribution in [-0.4, -0.2) is 33.5 Å². The summed E-state index contributed by atoms with van der Waals surface area (Å²) in [5.74, 6) is 1.04. The second-order valence-corrected chi connectivity index (χ2v) is 4.29. The molecule has 2 heterocycles. The predicted molar refractivity (Wildman–Crippen MR) is 56.5 cm³/mol. The average Bonchev–Trinajstić information content (AvgIpc) is 2.62. The molecule has 1 fully saturated rings. The van der Waals surface area contributed by atoms with Crippen molar-refractivity contribution >= 4 is 0 Å². The summed E-state index contributed by atoms with van der Waals surface area (Å²) in [4.78, 5) is 4.25. The molecule has 4 heteroatoms. The highest BCUT2D eigenvalue weighted by atomic mass is 16.5. The first kappa shape index (κ1) is 10.6. The van der Waals surface area contributed by atoms with E-state index in [4.69, 9.17) is 4.74 Å². The van der Waals surface area contributed by atoms with Crippen LogP contribution in [-0.2, 0) is 18.2 Å². The second-order valence-electron chi connectivity index (χ2n) is 4.29. The molecule has 1 aliphatic heterocycles. The number of imidazole rings is 1. The Morgan fingerprint density at radius 1 is 1.53 bits per heavy atom. The van der Waals surface area contributed by atoms with Gasteiger partial charge in [-0.05, 0) is 19.3 Å². The predicted octanol–water partition coefficient (Wildman–Crippen LogP) is 0.894. The number of aromatic nitrogens is 2. The monoisotopic (exact) mass is 210 g/mol. The molecule has 1 saturated heterocycles. The lowest BCUT2D eigenvalue weighted by atomic mass is 9.89. The third-order valence-corrected chi connectivity index (χ3v) is 3.16. The normalized spacial score (nSPS) is 20.4. The van der Waals surface area contributed by atoms with Gasteiger partial charge in [0.05, 0.1) is 5.60 Å². The summed E-state index contributed by atoms with van der Waals surface area (Å²) in [6.07, 6.45) is 6.84. The second kappa shape index (κ2) is 4.33. The summed E-state index contributed by atoms with van der Waals surface area (Å²) in [5, 5.41) is 10.2. The molecule has 1 aromatic heterocycles. The van der Waals surface area contributed by atoms with Gasteiger partial charge in [0.1, 0.15) is 5.82 Å². The molecule has 0 spiro atoms. The van der Waals surface area contributed by atoms with Crippen LogP contribution in [0.4, 0.5) is 0 Å². The van der Waals surface area contributed by atoms with Gasteiger partial charge in [0.25, 0.3) is 0 Å². The van der Waals surface area contributed by atoms with Crippen LogP contribution in [0.2, 0.25) is 0 Å². The van der Waals surface area contributed by atoms with E-state index in [1.165, 1.54) is 0 Å². The number of hydrogen-bond acceptors (Lipinski definition) is 3. The van der Waals surface area contributed by atoms with Crippen molar-refractivity contribution < 1.29 is 9.84 Å². The van der Waals surface area contributed by atoms with E-state index in [9.17, 15) is 5.11 Å². The van der Waals surface area contributed by atoms with E-state index < -0.39 is 5.60 Å². The molecule has 0 saturated carbocycles. The Labute approximate surface area is 89.9 Å². The molecule has 0 unspecified atom stereocenters. The minimum atomic E-state index is -0.537. The van der Waals surface area contributed by atoms with Crippen LogP contribution in [0.3, 0.4) is 0 Å². The molecule has 1 aromatic rings. The highest BCUT2D eigenvalue weighted by molar-refractivity contribution is 4.94. The van der Waals surface area contributed by atoms with Crippen LogP contribution in [0.1, 0.15) is 25.1 Å². The van der Waals surface area contributed by atoms with E-state index in [2.05, 4.69) is 4.98 Å². The van der Waals surface area contributed by atoms with Crippen molar-refractivity contribution in [1.82, 2.24) is 9.55 Å². The Kier molecular flexibility index (Phi) is 3.07. The molecule has 0 aromatic carbocycles. The standard InChI is InChI=1S/C11H18N2O2/c1-13-7-6-12-10(13)2-3-11(14)4-8-15-9-5-11/h6-7,14H,2-5,8-9H2,1H3. The molecule has 0 amide bonds. The van der Waals surface area contributed by atoms with Crippen LogP contribution in [0.15, 0.2) is 12.4 Å².